The minimum atomic E-state index is -0.994. The molecule has 12 aromatic rings. The Kier molecular flexibility index (Phi) is 15.7. The minimum Gasteiger partial charge on any atom is -0.457 e. The van der Waals surface area contributed by atoms with Gasteiger partial charge in [-0.15, -0.1) is 0 Å². The number of halogens is 3. The van der Waals surface area contributed by atoms with Crippen LogP contribution in [0.1, 0.15) is 130 Å². The van der Waals surface area contributed by atoms with Crippen molar-refractivity contribution < 1.29 is 17.9 Å². The molecule has 0 unspecified atom stereocenters. The molecule has 0 fully saturated rings. The first-order chi connectivity index (χ1) is 43.9. The Labute approximate surface area is 540 Å². The monoisotopic (exact) mass is 1220 g/mol. The maximum Gasteiger partial charge on any atom is 0.137 e. The Morgan fingerprint density at radius 2 is 0.957 bits per heavy atom. The lowest BCUT2D eigenvalue weighted by molar-refractivity contribution is 0.483. The molecule has 0 bridgehead atoms. The van der Waals surface area contributed by atoms with Crippen molar-refractivity contribution in [1.29, 1.82) is 0 Å². The van der Waals surface area contributed by atoms with E-state index in [0.29, 0.717) is 22.7 Å². The summed E-state index contributed by atoms with van der Waals surface area (Å²) in [6.45, 7) is 29.2. The summed E-state index contributed by atoms with van der Waals surface area (Å²) in [6, 6.07) is 71.5. The van der Waals surface area contributed by atoms with Gasteiger partial charge in [0.1, 0.15) is 41.4 Å². The van der Waals surface area contributed by atoms with Gasteiger partial charge in [0, 0.05) is 58.0 Å². The number of aromatic nitrogens is 2. The van der Waals surface area contributed by atoms with Crippen molar-refractivity contribution in [2.24, 2.45) is 0 Å². The summed E-state index contributed by atoms with van der Waals surface area (Å²) < 4.78 is 59.1. The van der Waals surface area contributed by atoms with E-state index in [1.165, 1.54) is 16.7 Å². The first kappa shape index (κ1) is 61.2. The van der Waals surface area contributed by atoms with Gasteiger partial charge in [-0.2, -0.15) is 0 Å². The predicted molar refractivity (Wildman–Crippen MR) is 378 cm³/mol. The molecule has 5 nitrogen and oxygen atoms in total. The number of nitrogens with zero attached hydrogens (tertiary/aromatic N) is 4. The van der Waals surface area contributed by atoms with Crippen molar-refractivity contribution in [3.63, 3.8) is 0 Å². The van der Waals surface area contributed by atoms with Crippen LogP contribution in [0.15, 0.2) is 219 Å². The second-order valence-electron chi connectivity index (χ2n) is 28.5. The standard InChI is InChI=1S/C84H79F3N4O/c1-51(2)68-40-55(53-24-16-14-17-25-53)41-69(52(3)4)79(68)58-38-63(48-65(39-58)92-64-32-33-67-66-28-20-21-29-74(66)91(77(67)49-64)78-45-59(34-35-88-78)82(5,6)7)89-50-90(76-31-23-22-30-75(76)89)81-70(57-36-60(83(8,9)10)44-61(37-57)84(11,12)13)42-56(54-26-18-15-19-27-54)43-71(81)80-72(86)46-62(85)47-73(80)87/h14-49,51-52H,50H2,1-13H3. The SMILES string of the molecule is CC(C)c1cc(-c2ccccc2)cc(C(C)C)c1-c1cc(Oc2ccc3c4ccccc4n(-c4cc(C(C)(C)C)ccn4)c3c2)cc(N2CN(c3c(-c4cc(C(C)(C)C)cc(C(C)(C)C)c4)cc(-c4ccccc4)cc3-c3c(F)cc(F)cc3F)c3ccccc32)c1. The van der Waals surface area contributed by atoms with E-state index < -0.39 is 17.5 Å². The lowest BCUT2D eigenvalue weighted by Crippen LogP contribution is -2.25. The fourth-order valence-corrected chi connectivity index (χ4v) is 13.3. The number of fused-ring (bicyclic) bond motifs is 4. The number of pyridine rings is 1. The summed E-state index contributed by atoms with van der Waals surface area (Å²) in [6.07, 6.45) is 1.90. The topological polar surface area (TPSA) is 33.5 Å². The number of para-hydroxylation sites is 3. The second-order valence-corrected chi connectivity index (χ2v) is 28.5. The molecule has 0 aliphatic carbocycles. The molecule has 0 spiro atoms. The van der Waals surface area contributed by atoms with Crippen molar-refractivity contribution in [3.8, 4) is 73.0 Å². The maximum atomic E-state index is 17.1. The largest absolute Gasteiger partial charge is 0.457 e. The third-order valence-corrected chi connectivity index (χ3v) is 18.2. The molecule has 1 aliphatic rings. The van der Waals surface area contributed by atoms with Crippen LogP contribution in [0.4, 0.5) is 35.9 Å². The normalized spacial score (nSPS) is 12.9. The van der Waals surface area contributed by atoms with Gasteiger partial charge in [-0.25, -0.2) is 18.2 Å². The average molecular weight is 1220 g/mol. The molecule has 462 valence electrons. The molecule has 0 amide bonds. The highest BCUT2D eigenvalue weighted by Crippen LogP contribution is 2.54. The summed E-state index contributed by atoms with van der Waals surface area (Å²) in [5, 5.41) is 2.19. The highest BCUT2D eigenvalue weighted by molar-refractivity contribution is 6.09. The van der Waals surface area contributed by atoms with Crippen LogP contribution in [0.3, 0.4) is 0 Å². The minimum absolute atomic E-state index is 0.0999. The Hall–Kier alpha value is -9.66. The fourth-order valence-electron chi connectivity index (χ4n) is 13.3. The van der Waals surface area contributed by atoms with E-state index in [2.05, 4.69) is 256 Å². The van der Waals surface area contributed by atoms with E-state index >= 15 is 13.2 Å². The molecule has 1 aliphatic heterocycles. The molecule has 13 rings (SSSR count). The summed E-state index contributed by atoms with van der Waals surface area (Å²) in [4.78, 5) is 9.46. The molecule has 0 radical (unpaired) electrons. The lowest BCUT2D eigenvalue weighted by atomic mass is 9.78. The van der Waals surface area contributed by atoms with Gasteiger partial charge in [0.2, 0.25) is 0 Å². The molecule has 92 heavy (non-hydrogen) atoms. The van der Waals surface area contributed by atoms with Gasteiger partial charge in [-0.3, -0.25) is 4.57 Å². The van der Waals surface area contributed by atoms with Crippen LogP contribution in [0.5, 0.6) is 11.5 Å². The first-order valence-electron chi connectivity index (χ1n) is 32.1. The fraction of sp³-hybridized carbons (Fsp3) is 0.226. The van der Waals surface area contributed by atoms with Gasteiger partial charge in [0.05, 0.1) is 33.7 Å². The maximum absolute atomic E-state index is 17.1. The molecule has 0 saturated carbocycles. The summed E-state index contributed by atoms with van der Waals surface area (Å²) >= 11 is 0. The Bertz CT molecular complexity index is 4730. The molecule has 3 heterocycles. The third-order valence-electron chi connectivity index (χ3n) is 18.2. The number of hydrogen-bond donors (Lipinski definition) is 0. The Morgan fingerprint density at radius 3 is 1.55 bits per heavy atom. The van der Waals surface area contributed by atoms with Crippen LogP contribution in [-0.4, -0.2) is 16.2 Å². The average Bonchev–Trinajstić information content (AvgIpc) is 1.39. The van der Waals surface area contributed by atoms with Crippen LogP contribution in [0, 0.1) is 17.5 Å². The smallest absolute Gasteiger partial charge is 0.137 e. The third kappa shape index (κ3) is 11.5. The zero-order valence-electron chi connectivity index (χ0n) is 55.0. The van der Waals surface area contributed by atoms with Crippen molar-refractivity contribution in [3.05, 3.63) is 264 Å². The van der Waals surface area contributed by atoms with Crippen LogP contribution in [0.2, 0.25) is 0 Å². The molecule has 0 N–H and O–H groups in total. The van der Waals surface area contributed by atoms with Crippen molar-refractivity contribution in [1.82, 2.24) is 9.55 Å². The number of rotatable bonds is 12. The molecule has 2 aromatic heterocycles. The van der Waals surface area contributed by atoms with Gasteiger partial charge in [-0.05, 0) is 162 Å². The van der Waals surface area contributed by atoms with E-state index in [0.717, 1.165) is 112 Å². The van der Waals surface area contributed by atoms with Gasteiger partial charge >= 0.3 is 0 Å². The summed E-state index contributed by atoms with van der Waals surface area (Å²) in [5.41, 5.74) is 18.0. The van der Waals surface area contributed by atoms with Gasteiger partial charge < -0.3 is 14.5 Å². The van der Waals surface area contributed by atoms with Crippen LogP contribution in [-0.2, 0) is 16.2 Å². The van der Waals surface area contributed by atoms with Gasteiger partial charge in [0.25, 0.3) is 0 Å². The Balaban J connectivity index is 1.06. The van der Waals surface area contributed by atoms with Gasteiger partial charge in [0.15, 0.2) is 0 Å². The zero-order chi connectivity index (χ0) is 64.7. The molecule has 10 aromatic carbocycles. The van der Waals surface area contributed by atoms with Crippen molar-refractivity contribution in [2.75, 3.05) is 16.5 Å². The quantitative estimate of drug-likeness (QED) is 0.122. The zero-order valence-corrected chi connectivity index (χ0v) is 55.0. The van der Waals surface area contributed by atoms with E-state index in [-0.39, 0.29) is 40.3 Å². The number of hydrogen-bond acceptors (Lipinski definition) is 4. The molecule has 0 saturated heterocycles. The predicted octanol–water partition coefficient (Wildman–Crippen LogP) is 24.1. The first-order valence-corrected chi connectivity index (χ1v) is 32.1. The molecular weight excluding hydrogens is 1140 g/mol. The number of anilines is 4. The Morgan fingerprint density at radius 1 is 0.413 bits per heavy atom. The van der Waals surface area contributed by atoms with Crippen LogP contribution >= 0.6 is 0 Å². The van der Waals surface area contributed by atoms with E-state index in [4.69, 9.17) is 9.72 Å². The summed E-state index contributed by atoms with van der Waals surface area (Å²) in [5.74, 6) is -0.614. The van der Waals surface area contributed by atoms with Crippen LogP contribution < -0.4 is 14.5 Å². The summed E-state index contributed by atoms with van der Waals surface area (Å²) in [7, 11) is 0. The molecule has 8 heteroatoms. The van der Waals surface area contributed by atoms with Crippen molar-refractivity contribution >= 4 is 44.6 Å². The van der Waals surface area contributed by atoms with Crippen molar-refractivity contribution in [2.45, 2.75) is 118 Å². The van der Waals surface area contributed by atoms with E-state index in [1.807, 2.05) is 54.7 Å². The highest BCUT2D eigenvalue weighted by Gasteiger charge is 2.35. The molecular formula is C84H79F3N4O. The van der Waals surface area contributed by atoms with E-state index in [1.54, 1.807) is 0 Å². The van der Waals surface area contributed by atoms with E-state index in [9.17, 15) is 0 Å². The molecule has 0 atom stereocenters. The van der Waals surface area contributed by atoms with Gasteiger partial charge in [-0.1, -0.05) is 211 Å². The van der Waals surface area contributed by atoms with Crippen LogP contribution in [0.25, 0.3) is 83.3 Å². The number of benzene rings is 10. The lowest BCUT2D eigenvalue weighted by Gasteiger charge is -2.30. The second kappa shape index (κ2) is 23.5. The number of ether oxygens (including phenoxy) is 1. The highest BCUT2D eigenvalue weighted by atomic mass is 19.1.